The quantitative estimate of drug-likeness (QED) is 0.732. The first-order valence-electron chi connectivity index (χ1n) is 4.16. The van der Waals surface area contributed by atoms with E-state index in [1.165, 1.54) is 0 Å². The molecule has 0 bridgehead atoms. The molecule has 0 fully saturated rings. The minimum Gasteiger partial charge on any atom is -0.235 e. The van der Waals surface area contributed by atoms with Crippen LogP contribution in [0.5, 0.6) is 0 Å². The number of rotatable bonds is 1. The zero-order valence-electron chi connectivity index (χ0n) is 7.55. The number of hydrogen-bond acceptors (Lipinski definition) is 4. The number of halogens is 1. The first-order chi connectivity index (χ1) is 7.29. The first-order valence-corrected chi connectivity index (χ1v) is 4.54. The second-order valence-corrected chi connectivity index (χ2v) is 3.15. The summed E-state index contributed by atoms with van der Waals surface area (Å²) < 4.78 is 0. The highest BCUT2D eigenvalue weighted by Crippen LogP contribution is 2.14. The van der Waals surface area contributed by atoms with E-state index in [-0.39, 0.29) is 0 Å². The maximum Gasteiger partial charge on any atom is 0.151 e. The molecular formula is C10H5ClN4. The van der Waals surface area contributed by atoms with Crippen molar-refractivity contribution < 1.29 is 0 Å². The topological polar surface area (TPSA) is 62.5 Å². The highest BCUT2D eigenvalue weighted by Gasteiger charge is 2.02. The van der Waals surface area contributed by atoms with Gasteiger partial charge < -0.3 is 0 Å². The van der Waals surface area contributed by atoms with E-state index in [2.05, 4.69) is 15.2 Å². The predicted octanol–water partition coefficient (Wildman–Crippen LogP) is 2.06. The van der Waals surface area contributed by atoms with Gasteiger partial charge in [-0.3, -0.25) is 0 Å². The minimum absolute atomic E-state index is 0.329. The number of nitriles is 1. The standard InChI is InChI=1S/C10H5ClN4/c11-10-5-4-9(14-15-10)8-3-1-2-7(6-12)13-8/h1-5H. The summed E-state index contributed by atoms with van der Waals surface area (Å²) in [6.45, 7) is 0. The van der Waals surface area contributed by atoms with Gasteiger partial charge in [-0.05, 0) is 24.3 Å². The summed E-state index contributed by atoms with van der Waals surface area (Å²) in [5.41, 5.74) is 1.55. The lowest BCUT2D eigenvalue weighted by atomic mass is 10.2. The molecule has 0 aliphatic heterocycles. The highest BCUT2D eigenvalue weighted by molar-refractivity contribution is 6.29. The predicted molar refractivity (Wildman–Crippen MR) is 55.0 cm³/mol. The van der Waals surface area contributed by atoms with Crippen LogP contribution < -0.4 is 0 Å². The fraction of sp³-hybridized carbons (Fsp3) is 0. The maximum absolute atomic E-state index is 8.68. The molecule has 5 heteroatoms. The van der Waals surface area contributed by atoms with Crippen LogP contribution in [0.2, 0.25) is 5.15 Å². The Morgan fingerprint density at radius 2 is 1.93 bits per heavy atom. The van der Waals surface area contributed by atoms with Gasteiger partial charge in [0, 0.05) is 0 Å². The van der Waals surface area contributed by atoms with Crippen LogP contribution in [0.1, 0.15) is 5.69 Å². The average molecular weight is 217 g/mol. The van der Waals surface area contributed by atoms with Crippen LogP contribution >= 0.6 is 11.6 Å². The summed E-state index contributed by atoms with van der Waals surface area (Å²) in [6.07, 6.45) is 0. The van der Waals surface area contributed by atoms with Gasteiger partial charge >= 0.3 is 0 Å². The average Bonchev–Trinajstić information content (AvgIpc) is 2.30. The number of hydrogen-bond donors (Lipinski definition) is 0. The number of pyridine rings is 1. The Morgan fingerprint density at radius 3 is 2.60 bits per heavy atom. The van der Waals surface area contributed by atoms with Crippen LogP contribution in [-0.2, 0) is 0 Å². The third-order valence-corrected chi connectivity index (χ3v) is 1.96. The molecule has 2 aromatic heterocycles. The molecule has 0 aromatic carbocycles. The lowest BCUT2D eigenvalue weighted by Gasteiger charge is -1.98. The van der Waals surface area contributed by atoms with Crippen LogP contribution in [-0.4, -0.2) is 15.2 Å². The van der Waals surface area contributed by atoms with Crippen LogP contribution in [0.15, 0.2) is 30.3 Å². The smallest absolute Gasteiger partial charge is 0.151 e. The molecule has 0 N–H and O–H groups in total. The molecule has 0 saturated carbocycles. The van der Waals surface area contributed by atoms with E-state index >= 15 is 0 Å². The molecule has 0 aliphatic rings. The Hall–Kier alpha value is -1.99. The summed E-state index contributed by atoms with van der Waals surface area (Å²) in [5.74, 6) is 0. The third-order valence-electron chi connectivity index (χ3n) is 1.76. The van der Waals surface area contributed by atoms with Gasteiger partial charge in [0.05, 0.1) is 5.69 Å². The summed E-state index contributed by atoms with van der Waals surface area (Å²) in [7, 11) is 0. The molecule has 0 atom stereocenters. The summed E-state index contributed by atoms with van der Waals surface area (Å²) in [5, 5.41) is 16.6. The van der Waals surface area contributed by atoms with Crippen molar-refractivity contribution in [3.8, 4) is 17.5 Å². The van der Waals surface area contributed by atoms with Gasteiger partial charge in [-0.15, -0.1) is 10.2 Å². The van der Waals surface area contributed by atoms with E-state index in [9.17, 15) is 0 Å². The van der Waals surface area contributed by atoms with Gasteiger partial charge in [0.2, 0.25) is 0 Å². The fourth-order valence-corrected chi connectivity index (χ4v) is 1.19. The van der Waals surface area contributed by atoms with E-state index in [1.54, 1.807) is 30.3 Å². The summed E-state index contributed by atoms with van der Waals surface area (Å²) in [4.78, 5) is 4.08. The Kier molecular flexibility index (Phi) is 2.57. The zero-order chi connectivity index (χ0) is 10.7. The van der Waals surface area contributed by atoms with E-state index < -0.39 is 0 Å². The molecule has 15 heavy (non-hydrogen) atoms. The molecule has 0 amide bonds. The molecule has 0 saturated heterocycles. The largest absolute Gasteiger partial charge is 0.235 e. The van der Waals surface area contributed by atoms with Crippen molar-refractivity contribution in [3.63, 3.8) is 0 Å². The molecular weight excluding hydrogens is 212 g/mol. The Balaban J connectivity index is 2.46. The SMILES string of the molecule is N#Cc1cccc(-c2ccc(Cl)nn2)n1. The third kappa shape index (κ3) is 2.09. The van der Waals surface area contributed by atoms with Gasteiger partial charge in [-0.25, -0.2) is 4.98 Å². The van der Waals surface area contributed by atoms with E-state index in [4.69, 9.17) is 16.9 Å². The summed E-state index contributed by atoms with van der Waals surface area (Å²) in [6, 6.07) is 10.4. The van der Waals surface area contributed by atoms with Crippen molar-refractivity contribution >= 4 is 11.6 Å². The lowest BCUT2D eigenvalue weighted by molar-refractivity contribution is 1.03. The zero-order valence-corrected chi connectivity index (χ0v) is 8.31. The molecule has 0 unspecified atom stereocenters. The second-order valence-electron chi connectivity index (χ2n) is 2.76. The van der Waals surface area contributed by atoms with E-state index in [0.717, 1.165) is 0 Å². The molecule has 2 rings (SSSR count). The Labute approximate surface area is 91.2 Å². The maximum atomic E-state index is 8.68. The Bertz CT molecular complexity index is 516. The molecule has 0 aliphatic carbocycles. The van der Waals surface area contributed by atoms with Gasteiger partial charge in [-0.2, -0.15) is 5.26 Å². The molecule has 0 spiro atoms. The van der Waals surface area contributed by atoms with Crippen LogP contribution in [0, 0.1) is 11.3 Å². The lowest BCUT2D eigenvalue weighted by Crippen LogP contribution is -1.91. The van der Waals surface area contributed by atoms with E-state index in [0.29, 0.717) is 22.2 Å². The van der Waals surface area contributed by atoms with Crippen LogP contribution in [0.25, 0.3) is 11.4 Å². The van der Waals surface area contributed by atoms with Gasteiger partial charge in [0.25, 0.3) is 0 Å². The number of aromatic nitrogens is 3. The van der Waals surface area contributed by atoms with Crippen molar-refractivity contribution in [3.05, 3.63) is 41.2 Å². The monoisotopic (exact) mass is 216 g/mol. The van der Waals surface area contributed by atoms with Crippen molar-refractivity contribution in [2.24, 2.45) is 0 Å². The van der Waals surface area contributed by atoms with Gasteiger partial charge in [0.15, 0.2) is 5.15 Å². The highest BCUT2D eigenvalue weighted by atomic mass is 35.5. The minimum atomic E-state index is 0.329. The van der Waals surface area contributed by atoms with Crippen molar-refractivity contribution in [2.75, 3.05) is 0 Å². The van der Waals surface area contributed by atoms with Crippen molar-refractivity contribution in [1.82, 2.24) is 15.2 Å². The second kappa shape index (κ2) is 4.03. The van der Waals surface area contributed by atoms with Gasteiger partial charge in [-0.1, -0.05) is 17.7 Å². The summed E-state index contributed by atoms with van der Waals surface area (Å²) >= 11 is 5.61. The number of nitrogens with zero attached hydrogens (tertiary/aromatic N) is 4. The molecule has 0 radical (unpaired) electrons. The van der Waals surface area contributed by atoms with Crippen molar-refractivity contribution in [2.45, 2.75) is 0 Å². The fourth-order valence-electron chi connectivity index (χ4n) is 1.09. The molecule has 2 aromatic rings. The molecule has 2 heterocycles. The molecule has 72 valence electrons. The van der Waals surface area contributed by atoms with Crippen LogP contribution in [0.4, 0.5) is 0 Å². The molecule has 4 nitrogen and oxygen atoms in total. The Morgan fingerprint density at radius 1 is 1.07 bits per heavy atom. The van der Waals surface area contributed by atoms with Gasteiger partial charge in [0.1, 0.15) is 17.5 Å². The first kappa shape index (κ1) is 9.56. The normalized spacial score (nSPS) is 9.60. The van der Waals surface area contributed by atoms with Crippen molar-refractivity contribution in [1.29, 1.82) is 5.26 Å². The van der Waals surface area contributed by atoms with Crippen LogP contribution in [0.3, 0.4) is 0 Å². The van der Waals surface area contributed by atoms with E-state index in [1.807, 2.05) is 6.07 Å².